The molecule has 12 nitrogen and oxygen atoms in total. The molecule has 0 N–H and O–H groups in total. The highest BCUT2D eigenvalue weighted by atomic mass is 32.2. The molecule has 51 heavy (non-hydrogen) atoms. The fourth-order valence-corrected chi connectivity index (χ4v) is 7.37. The molecule has 4 unspecified atom stereocenters. The number of carbonyl (C=O) groups excluding carboxylic acids is 2. The molecule has 0 saturated carbocycles. The van der Waals surface area contributed by atoms with Crippen molar-refractivity contribution >= 4 is 32.2 Å². The minimum Gasteiger partial charge on any atom is -0.459 e. The van der Waals surface area contributed by atoms with Gasteiger partial charge < -0.3 is 18.9 Å². The number of hydrogen-bond donors (Lipinski definition) is 0. The predicted molar refractivity (Wildman–Crippen MR) is 184 cm³/mol. The molecular formula is C37H38O12S2. The first kappa shape index (κ1) is 37.8. The normalized spacial score (nSPS) is 18.4. The standard InChI is InChI=1S/C37H38O12S2/c1-25-15-19-29(20-16-25)50(40,41)48-31(23-44-35(38)27-11-7-5-8-12-27)33-34(47-37(3,4)46-33)32(24-45-36(39)28-13-9-6-10-14-28)49-51(42,43)30-21-17-26(2)18-22-30/h5-22,31-34H,23-24H2,1-4H3. The fourth-order valence-electron chi connectivity index (χ4n) is 5.22. The first-order valence-electron chi connectivity index (χ1n) is 15.9. The average Bonchev–Trinajstić information content (AvgIpc) is 3.44. The largest absolute Gasteiger partial charge is 0.459 e. The number of esters is 2. The Labute approximate surface area is 297 Å². The maximum absolute atomic E-state index is 13.6. The summed E-state index contributed by atoms with van der Waals surface area (Å²) in [7, 11) is -9.06. The van der Waals surface area contributed by atoms with Crippen LogP contribution in [0.1, 0.15) is 45.7 Å². The van der Waals surface area contributed by atoms with Crippen molar-refractivity contribution in [3.05, 3.63) is 131 Å². The summed E-state index contributed by atoms with van der Waals surface area (Å²) in [6.07, 6.45) is -6.10. The molecule has 1 aliphatic heterocycles. The predicted octanol–water partition coefficient (Wildman–Crippen LogP) is 5.39. The van der Waals surface area contributed by atoms with Crippen molar-refractivity contribution < 1.29 is 53.7 Å². The summed E-state index contributed by atoms with van der Waals surface area (Å²) < 4.78 is 89.3. The van der Waals surface area contributed by atoms with Crippen LogP contribution in [-0.2, 0) is 47.5 Å². The van der Waals surface area contributed by atoms with E-state index in [0.717, 1.165) is 11.1 Å². The van der Waals surface area contributed by atoms with Crippen LogP contribution >= 0.6 is 0 Å². The number of carbonyl (C=O) groups is 2. The number of rotatable bonds is 14. The van der Waals surface area contributed by atoms with E-state index in [1.54, 1.807) is 74.5 Å². The SMILES string of the molecule is Cc1ccc(S(=O)(=O)OC(COC(=O)c2ccccc2)C2OC(C)(C)OC2C(COC(=O)c2ccccc2)OS(=O)(=O)c2ccc(C)cc2)cc1. The molecule has 0 bridgehead atoms. The summed E-state index contributed by atoms with van der Waals surface area (Å²) in [6, 6.07) is 27.8. The van der Waals surface area contributed by atoms with E-state index < -0.39 is 75.6 Å². The number of aryl methyl sites for hydroxylation is 2. The zero-order chi connectivity index (χ0) is 36.8. The summed E-state index contributed by atoms with van der Waals surface area (Å²) in [5.41, 5.74) is 1.99. The van der Waals surface area contributed by atoms with Crippen LogP contribution in [0.25, 0.3) is 0 Å². The monoisotopic (exact) mass is 738 g/mol. The zero-order valence-electron chi connectivity index (χ0n) is 28.3. The maximum atomic E-state index is 13.6. The van der Waals surface area contributed by atoms with Gasteiger partial charge in [-0.1, -0.05) is 71.8 Å². The molecule has 0 amide bonds. The highest BCUT2D eigenvalue weighted by Gasteiger charge is 2.52. The van der Waals surface area contributed by atoms with Crippen molar-refractivity contribution in [1.29, 1.82) is 0 Å². The maximum Gasteiger partial charge on any atom is 0.338 e. The molecule has 4 aromatic carbocycles. The van der Waals surface area contributed by atoms with Crippen molar-refractivity contribution in [1.82, 2.24) is 0 Å². The van der Waals surface area contributed by atoms with Gasteiger partial charge in [-0.05, 0) is 76.2 Å². The fraction of sp³-hybridized carbons (Fsp3) is 0.297. The van der Waals surface area contributed by atoms with E-state index >= 15 is 0 Å². The second kappa shape index (κ2) is 15.8. The van der Waals surface area contributed by atoms with Gasteiger partial charge in [-0.25, -0.2) is 9.59 Å². The van der Waals surface area contributed by atoms with E-state index in [1.807, 2.05) is 0 Å². The summed E-state index contributed by atoms with van der Waals surface area (Å²) in [4.78, 5) is 25.6. The third kappa shape index (κ3) is 9.88. The molecule has 270 valence electrons. The Kier molecular flexibility index (Phi) is 11.7. The van der Waals surface area contributed by atoms with Gasteiger partial charge in [0.15, 0.2) is 5.79 Å². The second-order valence-corrected chi connectivity index (χ2v) is 15.4. The average molecular weight is 739 g/mol. The molecule has 5 rings (SSSR count). The van der Waals surface area contributed by atoms with Crippen LogP contribution in [0.3, 0.4) is 0 Å². The third-order valence-corrected chi connectivity index (χ3v) is 10.5. The summed E-state index contributed by atoms with van der Waals surface area (Å²) in [5, 5.41) is 0. The summed E-state index contributed by atoms with van der Waals surface area (Å²) in [6.45, 7) is 5.27. The summed E-state index contributed by atoms with van der Waals surface area (Å²) in [5.74, 6) is -3.02. The highest BCUT2D eigenvalue weighted by Crippen LogP contribution is 2.36. The lowest BCUT2D eigenvalue weighted by Gasteiger charge is -2.30. The van der Waals surface area contributed by atoms with Crippen molar-refractivity contribution in [3.8, 4) is 0 Å². The molecule has 1 heterocycles. The van der Waals surface area contributed by atoms with Crippen molar-refractivity contribution in [2.24, 2.45) is 0 Å². The van der Waals surface area contributed by atoms with Crippen LogP contribution in [0, 0.1) is 13.8 Å². The van der Waals surface area contributed by atoms with Gasteiger partial charge in [0.2, 0.25) is 0 Å². The molecule has 1 aliphatic rings. The summed E-state index contributed by atoms with van der Waals surface area (Å²) >= 11 is 0. The Morgan fingerprint density at radius 3 is 1.25 bits per heavy atom. The quantitative estimate of drug-likeness (QED) is 0.120. The molecule has 1 saturated heterocycles. The number of benzene rings is 4. The van der Waals surface area contributed by atoms with E-state index in [0.29, 0.717) is 0 Å². The van der Waals surface area contributed by atoms with Gasteiger partial charge in [0.1, 0.15) is 37.6 Å². The lowest BCUT2D eigenvalue weighted by atomic mass is 10.0. The lowest BCUT2D eigenvalue weighted by Crippen LogP contribution is -2.49. The number of hydrogen-bond acceptors (Lipinski definition) is 12. The first-order valence-corrected chi connectivity index (χ1v) is 18.8. The van der Waals surface area contributed by atoms with E-state index in [4.69, 9.17) is 27.3 Å². The molecule has 4 atom stereocenters. The lowest BCUT2D eigenvalue weighted by molar-refractivity contribution is -0.160. The Morgan fingerprint density at radius 1 is 0.588 bits per heavy atom. The molecule has 14 heteroatoms. The Balaban J connectivity index is 1.51. The molecular weight excluding hydrogens is 701 g/mol. The van der Waals surface area contributed by atoms with Crippen LogP contribution in [0.4, 0.5) is 0 Å². The van der Waals surface area contributed by atoms with E-state index in [1.165, 1.54) is 62.4 Å². The van der Waals surface area contributed by atoms with Gasteiger partial charge in [-0.15, -0.1) is 0 Å². The Morgan fingerprint density at radius 2 is 0.922 bits per heavy atom. The van der Waals surface area contributed by atoms with Crippen LogP contribution in [0.2, 0.25) is 0 Å². The van der Waals surface area contributed by atoms with E-state index in [2.05, 4.69) is 0 Å². The minimum atomic E-state index is -4.53. The highest BCUT2D eigenvalue weighted by molar-refractivity contribution is 7.87. The molecule has 1 fully saturated rings. The zero-order valence-corrected chi connectivity index (χ0v) is 30.0. The van der Waals surface area contributed by atoms with Crippen LogP contribution < -0.4 is 0 Å². The van der Waals surface area contributed by atoms with Crippen molar-refractivity contribution in [2.45, 2.75) is 67.7 Å². The third-order valence-electron chi connectivity index (χ3n) is 7.79. The molecule has 0 spiro atoms. The van der Waals surface area contributed by atoms with Crippen molar-refractivity contribution in [2.75, 3.05) is 13.2 Å². The first-order chi connectivity index (χ1) is 24.1. The van der Waals surface area contributed by atoms with E-state index in [-0.39, 0.29) is 20.9 Å². The van der Waals surface area contributed by atoms with Crippen LogP contribution in [0.5, 0.6) is 0 Å². The van der Waals surface area contributed by atoms with E-state index in [9.17, 15) is 26.4 Å². The second-order valence-electron chi connectivity index (χ2n) is 12.3. The van der Waals surface area contributed by atoms with Crippen molar-refractivity contribution in [3.63, 3.8) is 0 Å². The smallest absolute Gasteiger partial charge is 0.338 e. The molecule has 0 aromatic heterocycles. The van der Waals surface area contributed by atoms with Gasteiger partial charge in [0, 0.05) is 0 Å². The molecule has 0 aliphatic carbocycles. The van der Waals surface area contributed by atoms with Crippen LogP contribution in [-0.4, -0.2) is 72.2 Å². The minimum absolute atomic E-state index is 0.186. The van der Waals surface area contributed by atoms with Crippen LogP contribution in [0.15, 0.2) is 119 Å². The van der Waals surface area contributed by atoms with Gasteiger partial charge in [0.05, 0.1) is 20.9 Å². The Hall–Kier alpha value is -4.44. The topological polar surface area (TPSA) is 158 Å². The van der Waals surface area contributed by atoms with Gasteiger partial charge >= 0.3 is 11.9 Å². The molecule has 4 aromatic rings. The molecule has 0 radical (unpaired) electrons. The Bertz CT molecular complexity index is 1870. The van der Waals surface area contributed by atoms with Gasteiger partial charge in [0.25, 0.3) is 20.2 Å². The number of ether oxygens (including phenoxy) is 4. The van der Waals surface area contributed by atoms with Gasteiger partial charge in [-0.2, -0.15) is 16.8 Å². The van der Waals surface area contributed by atoms with Gasteiger partial charge in [-0.3, -0.25) is 8.37 Å².